The number of anilines is 1. The summed E-state index contributed by atoms with van der Waals surface area (Å²) in [5, 5.41) is 15.5. The highest BCUT2D eigenvalue weighted by atomic mass is 32.1. The summed E-state index contributed by atoms with van der Waals surface area (Å²) in [6.07, 6.45) is 4.70. The lowest BCUT2D eigenvalue weighted by molar-refractivity contribution is -0.139. The maximum absolute atomic E-state index is 11.6. The zero-order valence-corrected chi connectivity index (χ0v) is 16.6. The number of urea groups is 1. The molecule has 0 spiro atoms. The number of benzene rings is 1. The van der Waals surface area contributed by atoms with Crippen LogP contribution in [0.25, 0.3) is 10.4 Å². The first-order chi connectivity index (χ1) is 13.8. The van der Waals surface area contributed by atoms with Crippen LogP contribution in [0.2, 0.25) is 0 Å². The van der Waals surface area contributed by atoms with Gasteiger partial charge in [-0.25, -0.2) is 4.79 Å². The van der Waals surface area contributed by atoms with E-state index in [1.807, 2.05) is 24.3 Å². The minimum Gasteiger partial charge on any atom is -0.480 e. The zero-order valence-electron chi connectivity index (χ0n) is 15.8. The Morgan fingerprint density at radius 2 is 1.79 bits per heavy atom. The molecule has 3 amide bonds. The molecular weight excluding hydrogens is 392 g/mol. The summed E-state index contributed by atoms with van der Waals surface area (Å²) in [6, 6.07) is 7.92. The average molecular weight is 417 g/mol. The highest BCUT2D eigenvalue weighted by Gasteiger charge is 2.24. The SMILES string of the molecule is NC(=O)Nc1sc(-c2ccc(C[C@H](NC3CCCC3)C(=O)O)cc2)cc1C(N)=O. The highest BCUT2D eigenvalue weighted by molar-refractivity contribution is 7.20. The molecule has 7 N–H and O–H groups in total. The third-order valence-electron chi connectivity index (χ3n) is 5.00. The van der Waals surface area contributed by atoms with Crippen molar-refractivity contribution >= 4 is 34.2 Å². The number of amides is 3. The molecule has 2 aromatic rings. The van der Waals surface area contributed by atoms with Crippen molar-refractivity contribution in [3.05, 3.63) is 41.5 Å². The molecule has 29 heavy (non-hydrogen) atoms. The summed E-state index contributed by atoms with van der Waals surface area (Å²) in [5.74, 6) is -1.51. The van der Waals surface area contributed by atoms with Crippen LogP contribution in [0, 0.1) is 0 Å². The normalized spacial score (nSPS) is 15.2. The second-order valence-corrected chi connectivity index (χ2v) is 8.20. The van der Waals surface area contributed by atoms with Crippen molar-refractivity contribution in [2.24, 2.45) is 11.5 Å². The molecule has 1 fully saturated rings. The molecule has 3 rings (SSSR count). The molecule has 1 aliphatic carbocycles. The van der Waals surface area contributed by atoms with Gasteiger partial charge in [0.25, 0.3) is 5.91 Å². The van der Waals surface area contributed by atoms with Gasteiger partial charge in [0.05, 0.1) is 5.56 Å². The number of primary amides is 2. The molecule has 0 radical (unpaired) electrons. The Morgan fingerprint density at radius 3 is 2.34 bits per heavy atom. The van der Waals surface area contributed by atoms with Crippen molar-refractivity contribution in [1.29, 1.82) is 0 Å². The van der Waals surface area contributed by atoms with E-state index in [1.54, 1.807) is 6.07 Å². The molecule has 1 aromatic heterocycles. The van der Waals surface area contributed by atoms with E-state index in [9.17, 15) is 19.5 Å². The quantitative estimate of drug-likeness (QED) is 0.448. The van der Waals surface area contributed by atoms with Gasteiger partial charge in [-0.2, -0.15) is 0 Å². The van der Waals surface area contributed by atoms with Crippen molar-refractivity contribution in [2.75, 3.05) is 5.32 Å². The Kier molecular flexibility index (Phi) is 6.50. The minimum atomic E-state index is -0.854. The van der Waals surface area contributed by atoms with Crippen LogP contribution < -0.4 is 22.1 Å². The lowest BCUT2D eigenvalue weighted by Crippen LogP contribution is -2.43. The Morgan fingerprint density at radius 1 is 1.14 bits per heavy atom. The van der Waals surface area contributed by atoms with Gasteiger partial charge in [-0.3, -0.25) is 14.9 Å². The molecule has 0 bridgehead atoms. The molecule has 1 aliphatic rings. The first-order valence-corrected chi connectivity index (χ1v) is 10.2. The number of carboxylic acid groups (broad SMARTS) is 1. The summed E-state index contributed by atoms with van der Waals surface area (Å²) in [4.78, 5) is 35.1. The van der Waals surface area contributed by atoms with Crippen LogP contribution in [0.15, 0.2) is 30.3 Å². The van der Waals surface area contributed by atoms with Gasteiger partial charge in [0.15, 0.2) is 0 Å². The van der Waals surface area contributed by atoms with Crippen molar-refractivity contribution in [3.63, 3.8) is 0 Å². The summed E-state index contributed by atoms with van der Waals surface area (Å²) < 4.78 is 0. The molecule has 1 atom stereocenters. The molecule has 1 aromatic carbocycles. The summed E-state index contributed by atoms with van der Waals surface area (Å²) in [6.45, 7) is 0. The van der Waals surface area contributed by atoms with Crippen molar-refractivity contribution in [1.82, 2.24) is 5.32 Å². The number of nitrogens with one attached hydrogen (secondary N) is 2. The Balaban J connectivity index is 1.74. The van der Waals surface area contributed by atoms with Crippen LogP contribution in [0.5, 0.6) is 0 Å². The fourth-order valence-corrected chi connectivity index (χ4v) is 4.63. The summed E-state index contributed by atoms with van der Waals surface area (Å²) in [5.41, 5.74) is 12.4. The number of hydrogen-bond donors (Lipinski definition) is 5. The zero-order chi connectivity index (χ0) is 21.0. The number of carbonyl (C=O) groups is 3. The second kappa shape index (κ2) is 9.06. The molecule has 154 valence electrons. The largest absolute Gasteiger partial charge is 0.480 e. The van der Waals surface area contributed by atoms with E-state index in [4.69, 9.17) is 11.5 Å². The molecule has 1 saturated carbocycles. The number of aliphatic carboxylic acids is 1. The van der Waals surface area contributed by atoms with E-state index < -0.39 is 23.9 Å². The number of thiophene rings is 1. The molecule has 8 nitrogen and oxygen atoms in total. The molecule has 0 saturated heterocycles. The topological polar surface area (TPSA) is 148 Å². The van der Waals surface area contributed by atoms with Crippen LogP contribution in [-0.4, -0.2) is 35.1 Å². The number of hydrogen-bond acceptors (Lipinski definition) is 5. The molecular formula is C20H24N4O4S. The standard InChI is InChI=1S/C20H24N4O4S/c21-17(25)14-10-16(29-18(14)24-20(22)28)12-7-5-11(6-8-12)9-15(19(26)27)23-13-3-1-2-4-13/h5-8,10,13,15,23H,1-4,9H2,(H2,21,25)(H,26,27)(H3,22,24,28)/t15-/m0/s1. The maximum atomic E-state index is 11.6. The van der Waals surface area contributed by atoms with Gasteiger partial charge >= 0.3 is 12.0 Å². The van der Waals surface area contributed by atoms with Crippen LogP contribution in [0.4, 0.5) is 9.80 Å². The average Bonchev–Trinajstić information content (AvgIpc) is 3.31. The predicted molar refractivity (Wildman–Crippen MR) is 112 cm³/mol. The molecule has 0 unspecified atom stereocenters. The van der Waals surface area contributed by atoms with Gasteiger partial charge in [-0.15, -0.1) is 11.3 Å². The lowest BCUT2D eigenvalue weighted by atomic mass is 10.0. The maximum Gasteiger partial charge on any atom is 0.321 e. The van der Waals surface area contributed by atoms with Crippen LogP contribution >= 0.6 is 11.3 Å². The van der Waals surface area contributed by atoms with E-state index in [2.05, 4.69) is 10.6 Å². The molecule has 0 aliphatic heterocycles. The predicted octanol–water partition coefficient (Wildman–Crippen LogP) is 2.53. The summed E-state index contributed by atoms with van der Waals surface area (Å²) in [7, 11) is 0. The first-order valence-electron chi connectivity index (χ1n) is 9.41. The van der Waals surface area contributed by atoms with Crippen LogP contribution in [0.3, 0.4) is 0 Å². The van der Waals surface area contributed by atoms with Gasteiger partial charge in [0.2, 0.25) is 0 Å². The van der Waals surface area contributed by atoms with Gasteiger partial charge in [0, 0.05) is 10.9 Å². The van der Waals surface area contributed by atoms with Gasteiger partial charge in [-0.1, -0.05) is 37.1 Å². The van der Waals surface area contributed by atoms with Crippen LogP contribution in [-0.2, 0) is 11.2 Å². The summed E-state index contributed by atoms with van der Waals surface area (Å²) >= 11 is 1.20. The smallest absolute Gasteiger partial charge is 0.321 e. The number of rotatable bonds is 8. The van der Waals surface area contributed by atoms with Crippen molar-refractivity contribution in [2.45, 2.75) is 44.2 Å². The number of nitrogens with two attached hydrogens (primary N) is 2. The minimum absolute atomic E-state index is 0.194. The third-order valence-corrected chi connectivity index (χ3v) is 6.10. The van der Waals surface area contributed by atoms with E-state index in [-0.39, 0.29) is 11.6 Å². The third kappa shape index (κ3) is 5.33. The number of carboxylic acids is 1. The fourth-order valence-electron chi connectivity index (χ4n) is 3.56. The van der Waals surface area contributed by atoms with Crippen molar-refractivity contribution in [3.8, 4) is 10.4 Å². The van der Waals surface area contributed by atoms with Gasteiger partial charge < -0.3 is 21.9 Å². The molecule has 9 heteroatoms. The Hall–Kier alpha value is -2.91. The molecule has 1 heterocycles. The highest BCUT2D eigenvalue weighted by Crippen LogP contribution is 2.35. The van der Waals surface area contributed by atoms with Gasteiger partial charge in [0.1, 0.15) is 11.0 Å². The monoisotopic (exact) mass is 416 g/mol. The fraction of sp³-hybridized carbons (Fsp3) is 0.350. The van der Waals surface area contributed by atoms with E-state index >= 15 is 0 Å². The van der Waals surface area contributed by atoms with E-state index in [1.165, 1.54) is 11.3 Å². The Labute approximate surface area is 172 Å². The first kappa shape index (κ1) is 20.8. The van der Waals surface area contributed by atoms with Crippen molar-refractivity contribution < 1.29 is 19.5 Å². The van der Waals surface area contributed by atoms with E-state index in [0.29, 0.717) is 11.4 Å². The Bertz CT molecular complexity index is 904. The number of carbonyl (C=O) groups excluding carboxylic acids is 2. The van der Waals surface area contributed by atoms with E-state index in [0.717, 1.165) is 41.7 Å². The lowest BCUT2D eigenvalue weighted by Gasteiger charge is -2.19. The second-order valence-electron chi connectivity index (χ2n) is 7.15. The van der Waals surface area contributed by atoms with Gasteiger partial charge in [-0.05, 0) is 36.5 Å². The van der Waals surface area contributed by atoms with Crippen LogP contribution in [0.1, 0.15) is 41.6 Å².